The Morgan fingerprint density at radius 2 is 2.00 bits per heavy atom. The van der Waals surface area contributed by atoms with Crippen molar-refractivity contribution in [1.82, 2.24) is 4.90 Å². The predicted octanol–water partition coefficient (Wildman–Crippen LogP) is 2.03. The van der Waals surface area contributed by atoms with Gasteiger partial charge in [0.1, 0.15) is 0 Å². The van der Waals surface area contributed by atoms with Crippen molar-refractivity contribution < 1.29 is 0 Å². The van der Waals surface area contributed by atoms with Crippen molar-refractivity contribution in [1.29, 1.82) is 0 Å². The molecule has 2 heteroatoms. The summed E-state index contributed by atoms with van der Waals surface area (Å²) in [6, 6.07) is 10.6. The van der Waals surface area contributed by atoms with Crippen molar-refractivity contribution in [2.24, 2.45) is 11.7 Å². The van der Waals surface area contributed by atoms with Gasteiger partial charge in [0.2, 0.25) is 0 Å². The average molecular weight is 204 g/mol. The molecule has 15 heavy (non-hydrogen) atoms. The lowest BCUT2D eigenvalue weighted by Gasteiger charge is -2.37. The Kier molecular flexibility index (Phi) is 3.39. The van der Waals surface area contributed by atoms with Gasteiger partial charge in [0.25, 0.3) is 0 Å². The molecule has 0 radical (unpaired) electrons. The summed E-state index contributed by atoms with van der Waals surface area (Å²) in [5.74, 6) is 0.887. The van der Waals surface area contributed by atoms with Crippen LogP contribution in [0.4, 0.5) is 0 Å². The molecule has 1 aromatic carbocycles. The molecule has 1 aliphatic rings. The van der Waals surface area contributed by atoms with Gasteiger partial charge in [-0.05, 0) is 24.4 Å². The molecule has 0 spiro atoms. The lowest BCUT2D eigenvalue weighted by atomic mass is 10.00. The molecule has 1 atom stereocenters. The second-order valence-corrected chi connectivity index (χ2v) is 4.67. The molecule has 1 unspecified atom stereocenters. The first-order chi connectivity index (χ1) is 7.25. The van der Waals surface area contributed by atoms with E-state index in [0.717, 1.165) is 18.9 Å². The number of nitrogens with two attached hydrogens (primary N) is 1. The van der Waals surface area contributed by atoms with Gasteiger partial charge in [-0.25, -0.2) is 0 Å². The maximum atomic E-state index is 6.13. The van der Waals surface area contributed by atoms with E-state index in [0.29, 0.717) is 0 Å². The first-order valence-corrected chi connectivity index (χ1v) is 5.78. The highest BCUT2D eigenvalue weighted by molar-refractivity contribution is 5.18. The summed E-state index contributed by atoms with van der Waals surface area (Å²) in [6.45, 7) is 5.94. The van der Waals surface area contributed by atoms with Crippen LogP contribution in [0.15, 0.2) is 30.3 Å². The van der Waals surface area contributed by atoms with Gasteiger partial charge >= 0.3 is 0 Å². The Labute approximate surface area is 92.1 Å². The Bertz CT molecular complexity index is 291. The zero-order chi connectivity index (χ0) is 10.7. The van der Waals surface area contributed by atoms with Gasteiger partial charge in [-0.2, -0.15) is 0 Å². The third kappa shape index (κ3) is 2.80. The second-order valence-electron chi connectivity index (χ2n) is 4.67. The minimum atomic E-state index is 0.196. The summed E-state index contributed by atoms with van der Waals surface area (Å²) in [6.07, 6.45) is 1.07. The number of nitrogens with zero attached hydrogens (tertiary/aromatic N) is 1. The lowest BCUT2D eigenvalue weighted by molar-refractivity contribution is 0.109. The van der Waals surface area contributed by atoms with Crippen LogP contribution in [-0.4, -0.2) is 24.5 Å². The third-order valence-corrected chi connectivity index (χ3v) is 3.12. The minimum absolute atomic E-state index is 0.196. The highest BCUT2D eigenvalue weighted by Gasteiger charge is 2.22. The molecule has 1 aromatic rings. The van der Waals surface area contributed by atoms with Gasteiger partial charge in [0, 0.05) is 19.1 Å². The monoisotopic (exact) mass is 204 g/mol. The predicted molar refractivity (Wildman–Crippen MR) is 63.6 cm³/mol. The Morgan fingerprint density at radius 1 is 1.33 bits per heavy atom. The standard InChI is InChI=1S/C13H20N2/c1-11-9-15(10-11)8-7-13(14)12-5-3-2-4-6-12/h2-6,11,13H,7-10,14H2,1H3. The van der Waals surface area contributed by atoms with Crippen LogP contribution in [0.3, 0.4) is 0 Å². The highest BCUT2D eigenvalue weighted by atomic mass is 15.2. The van der Waals surface area contributed by atoms with Gasteiger partial charge in [-0.3, -0.25) is 0 Å². The summed E-state index contributed by atoms with van der Waals surface area (Å²) < 4.78 is 0. The van der Waals surface area contributed by atoms with E-state index in [9.17, 15) is 0 Å². The Balaban J connectivity index is 1.75. The average Bonchev–Trinajstić information content (AvgIpc) is 2.23. The molecule has 1 fully saturated rings. The number of hydrogen-bond donors (Lipinski definition) is 1. The molecule has 0 bridgehead atoms. The van der Waals surface area contributed by atoms with Crippen LogP contribution in [0.25, 0.3) is 0 Å². The molecule has 0 aliphatic carbocycles. The lowest BCUT2D eigenvalue weighted by Crippen LogP contribution is -2.45. The summed E-state index contributed by atoms with van der Waals surface area (Å²) in [7, 11) is 0. The molecule has 0 aromatic heterocycles. The molecule has 2 N–H and O–H groups in total. The van der Waals surface area contributed by atoms with Gasteiger partial charge in [0.15, 0.2) is 0 Å². The fourth-order valence-electron chi connectivity index (χ4n) is 2.20. The van der Waals surface area contributed by atoms with Crippen LogP contribution < -0.4 is 5.73 Å². The van der Waals surface area contributed by atoms with Gasteiger partial charge < -0.3 is 10.6 Å². The molecule has 0 amide bonds. The van der Waals surface area contributed by atoms with Crippen LogP contribution in [0.5, 0.6) is 0 Å². The first kappa shape index (κ1) is 10.7. The molecular weight excluding hydrogens is 184 g/mol. The van der Waals surface area contributed by atoms with Crippen LogP contribution in [0.1, 0.15) is 24.9 Å². The van der Waals surface area contributed by atoms with E-state index in [1.165, 1.54) is 18.7 Å². The Morgan fingerprint density at radius 3 is 2.60 bits per heavy atom. The minimum Gasteiger partial charge on any atom is -0.324 e. The second kappa shape index (κ2) is 4.77. The fraction of sp³-hybridized carbons (Fsp3) is 0.538. The molecule has 2 nitrogen and oxygen atoms in total. The maximum Gasteiger partial charge on any atom is 0.0307 e. The molecule has 82 valence electrons. The number of benzene rings is 1. The summed E-state index contributed by atoms with van der Waals surface area (Å²) in [5, 5.41) is 0. The zero-order valence-electron chi connectivity index (χ0n) is 9.39. The van der Waals surface area contributed by atoms with E-state index in [1.807, 2.05) is 6.07 Å². The van der Waals surface area contributed by atoms with Crippen LogP contribution in [0, 0.1) is 5.92 Å². The fourth-order valence-corrected chi connectivity index (χ4v) is 2.20. The van der Waals surface area contributed by atoms with E-state index in [-0.39, 0.29) is 6.04 Å². The molecule has 2 rings (SSSR count). The number of hydrogen-bond acceptors (Lipinski definition) is 2. The van der Waals surface area contributed by atoms with E-state index >= 15 is 0 Å². The van der Waals surface area contributed by atoms with Gasteiger partial charge in [-0.15, -0.1) is 0 Å². The van der Waals surface area contributed by atoms with Crippen LogP contribution >= 0.6 is 0 Å². The van der Waals surface area contributed by atoms with Gasteiger partial charge in [0.05, 0.1) is 0 Å². The topological polar surface area (TPSA) is 29.3 Å². The van der Waals surface area contributed by atoms with E-state index in [2.05, 4.69) is 36.1 Å². The van der Waals surface area contributed by atoms with Crippen molar-refractivity contribution in [2.75, 3.05) is 19.6 Å². The molecule has 1 aliphatic heterocycles. The molecular formula is C13H20N2. The van der Waals surface area contributed by atoms with Crippen molar-refractivity contribution in [3.05, 3.63) is 35.9 Å². The normalized spacial score (nSPS) is 19.9. The quantitative estimate of drug-likeness (QED) is 0.813. The van der Waals surface area contributed by atoms with Crippen LogP contribution in [0.2, 0.25) is 0 Å². The van der Waals surface area contributed by atoms with Crippen molar-refractivity contribution in [2.45, 2.75) is 19.4 Å². The van der Waals surface area contributed by atoms with Crippen LogP contribution in [-0.2, 0) is 0 Å². The summed E-state index contributed by atoms with van der Waals surface area (Å²) >= 11 is 0. The number of rotatable bonds is 4. The summed E-state index contributed by atoms with van der Waals surface area (Å²) in [4.78, 5) is 2.48. The van der Waals surface area contributed by atoms with E-state index in [1.54, 1.807) is 0 Å². The van der Waals surface area contributed by atoms with E-state index < -0.39 is 0 Å². The molecule has 0 saturated carbocycles. The molecule has 1 heterocycles. The van der Waals surface area contributed by atoms with Crippen molar-refractivity contribution in [3.63, 3.8) is 0 Å². The zero-order valence-corrected chi connectivity index (χ0v) is 9.39. The first-order valence-electron chi connectivity index (χ1n) is 5.78. The maximum absolute atomic E-state index is 6.13. The van der Waals surface area contributed by atoms with Crippen molar-refractivity contribution in [3.8, 4) is 0 Å². The van der Waals surface area contributed by atoms with Crippen molar-refractivity contribution >= 4 is 0 Å². The number of likely N-dealkylation sites (tertiary alicyclic amines) is 1. The highest BCUT2D eigenvalue weighted by Crippen LogP contribution is 2.18. The largest absolute Gasteiger partial charge is 0.324 e. The Hall–Kier alpha value is -0.860. The smallest absolute Gasteiger partial charge is 0.0307 e. The third-order valence-electron chi connectivity index (χ3n) is 3.12. The SMILES string of the molecule is CC1CN(CCC(N)c2ccccc2)C1. The molecule has 1 saturated heterocycles. The van der Waals surface area contributed by atoms with E-state index in [4.69, 9.17) is 5.73 Å². The summed E-state index contributed by atoms with van der Waals surface area (Å²) in [5.41, 5.74) is 7.39. The van der Waals surface area contributed by atoms with Gasteiger partial charge in [-0.1, -0.05) is 37.3 Å².